The highest BCUT2D eigenvalue weighted by atomic mass is 79.9. The van der Waals surface area contributed by atoms with Crippen LogP contribution in [-0.4, -0.2) is 18.7 Å². The molecule has 24 heavy (non-hydrogen) atoms. The topological polar surface area (TPSA) is 61.8 Å². The van der Waals surface area contributed by atoms with Crippen LogP contribution in [0.5, 0.6) is 0 Å². The minimum absolute atomic E-state index is 0.144. The van der Waals surface area contributed by atoms with E-state index in [-0.39, 0.29) is 12.1 Å². The van der Waals surface area contributed by atoms with E-state index in [0.717, 1.165) is 10.1 Å². The van der Waals surface area contributed by atoms with Crippen LogP contribution in [0.3, 0.4) is 0 Å². The summed E-state index contributed by atoms with van der Waals surface area (Å²) in [6.07, 6.45) is 1.52. The second-order valence-corrected chi connectivity index (χ2v) is 6.46. The Morgan fingerprint density at radius 1 is 1.25 bits per heavy atom. The molecule has 1 aromatic carbocycles. The highest BCUT2D eigenvalue weighted by Crippen LogP contribution is 2.19. The Morgan fingerprint density at radius 2 is 1.92 bits per heavy atom. The van der Waals surface area contributed by atoms with Gasteiger partial charge in [-0.15, -0.1) is 6.58 Å². The number of nitrogens with zero attached hydrogens (tertiary/aromatic N) is 4. The van der Waals surface area contributed by atoms with Crippen LogP contribution < -0.4 is 11.2 Å². The maximum absolute atomic E-state index is 12.8. The normalized spacial score (nSPS) is 11.1. The predicted octanol–water partition coefficient (Wildman–Crippen LogP) is 2.55. The van der Waals surface area contributed by atoms with E-state index >= 15 is 0 Å². The average Bonchev–Trinajstić information content (AvgIpc) is 2.89. The molecule has 0 aliphatic heterocycles. The summed E-state index contributed by atoms with van der Waals surface area (Å²) in [5.74, 6) is 0. The van der Waals surface area contributed by atoms with Crippen molar-refractivity contribution < 1.29 is 0 Å². The minimum Gasteiger partial charge on any atom is -0.308 e. The Labute approximate surface area is 150 Å². The molecule has 0 atom stereocenters. The molecule has 0 fully saturated rings. The highest BCUT2D eigenvalue weighted by molar-refractivity contribution is 9.10. The van der Waals surface area contributed by atoms with Crippen LogP contribution in [0.25, 0.3) is 11.2 Å². The minimum atomic E-state index is -0.420. The fraction of sp³-hybridized carbons (Fsp3) is 0.188. The first-order chi connectivity index (χ1) is 11.4. The molecule has 6 nitrogen and oxygen atoms in total. The molecule has 0 amide bonds. The number of hydrogen-bond donors (Lipinski definition) is 0. The zero-order valence-electron chi connectivity index (χ0n) is 12.9. The summed E-state index contributed by atoms with van der Waals surface area (Å²) < 4.78 is 4.72. The standard InChI is InChI=1S/C16H14BrClN4O2/c1-3-8-21-14(23)12-13(20(2)16(21)24)19-15(17)22(12)9-10-4-6-11(18)7-5-10/h3-7H,1,8-9H2,2H3. The first kappa shape index (κ1) is 16.7. The van der Waals surface area contributed by atoms with Crippen LogP contribution in [0.15, 0.2) is 51.2 Å². The molecule has 2 aromatic heterocycles. The summed E-state index contributed by atoms with van der Waals surface area (Å²) in [7, 11) is 1.59. The van der Waals surface area contributed by atoms with Gasteiger partial charge in [-0.2, -0.15) is 0 Å². The van der Waals surface area contributed by atoms with Crippen molar-refractivity contribution in [2.24, 2.45) is 7.05 Å². The van der Waals surface area contributed by atoms with Gasteiger partial charge in [-0.3, -0.25) is 13.9 Å². The van der Waals surface area contributed by atoms with Gasteiger partial charge >= 0.3 is 5.69 Å². The molecule has 3 aromatic rings. The van der Waals surface area contributed by atoms with Gasteiger partial charge in [0.25, 0.3) is 5.56 Å². The second-order valence-electron chi connectivity index (χ2n) is 5.31. The van der Waals surface area contributed by atoms with Crippen LogP contribution in [0.1, 0.15) is 5.56 Å². The molecule has 0 saturated heterocycles. The van der Waals surface area contributed by atoms with E-state index in [4.69, 9.17) is 11.6 Å². The van der Waals surface area contributed by atoms with E-state index in [1.165, 1.54) is 10.6 Å². The van der Waals surface area contributed by atoms with Crippen LogP contribution in [0.4, 0.5) is 0 Å². The average molecular weight is 410 g/mol. The molecule has 0 bridgehead atoms. The summed E-state index contributed by atoms with van der Waals surface area (Å²) in [6, 6.07) is 7.33. The molecular weight excluding hydrogens is 396 g/mol. The fourth-order valence-electron chi connectivity index (χ4n) is 2.55. The SMILES string of the molecule is C=CCn1c(=O)c2c(nc(Br)n2Cc2ccc(Cl)cc2)n(C)c1=O. The molecule has 2 heterocycles. The van der Waals surface area contributed by atoms with E-state index in [1.807, 2.05) is 12.1 Å². The van der Waals surface area contributed by atoms with Gasteiger partial charge in [-0.25, -0.2) is 9.78 Å². The molecule has 0 saturated carbocycles. The van der Waals surface area contributed by atoms with Gasteiger partial charge in [0, 0.05) is 18.6 Å². The molecule has 3 rings (SSSR count). The predicted molar refractivity (Wildman–Crippen MR) is 97.7 cm³/mol. The summed E-state index contributed by atoms with van der Waals surface area (Å²) >= 11 is 9.29. The zero-order chi connectivity index (χ0) is 17.4. The lowest BCUT2D eigenvalue weighted by atomic mass is 10.2. The first-order valence-electron chi connectivity index (χ1n) is 7.15. The molecule has 0 unspecified atom stereocenters. The number of aryl methyl sites for hydroxylation is 1. The van der Waals surface area contributed by atoms with Crippen LogP contribution in [0.2, 0.25) is 5.02 Å². The van der Waals surface area contributed by atoms with Crippen molar-refractivity contribution in [1.82, 2.24) is 18.7 Å². The van der Waals surface area contributed by atoms with Gasteiger partial charge < -0.3 is 4.57 Å². The number of benzene rings is 1. The summed E-state index contributed by atoms with van der Waals surface area (Å²) in [5.41, 5.74) is 0.853. The van der Waals surface area contributed by atoms with E-state index < -0.39 is 5.69 Å². The largest absolute Gasteiger partial charge is 0.332 e. The molecule has 8 heteroatoms. The molecule has 0 radical (unpaired) electrons. The lowest BCUT2D eigenvalue weighted by Crippen LogP contribution is -2.39. The number of fused-ring (bicyclic) bond motifs is 1. The Morgan fingerprint density at radius 3 is 2.54 bits per heavy atom. The Kier molecular flexibility index (Phi) is 4.47. The zero-order valence-corrected chi connectivity index (χ0v) is 15.2. The quantitative estimate of drug-likeness (QED) is 0.491. The van der Waals surface area contributed by atoms with Crippen molar-refractivity contribution in [2.45, 2.75) is 13.1 Å². The summed E-state index contributed by atoms with van der Waals surface area (Å²) in [5, 5.41) is 0.643. The number of hydrogen-bond acceptors (Lipinski definition) is 3. The molecule has 124 valence electrons. The van der Waals surface area contributed by atoms with Gasteiger partial charge in [0.15, 0.2) is 15.9 Å². The number of rotatable bonds is 4. The Balaban J connectivity index is 2.26. The Hall–Kier alpha value is -2.12. The van der Waals surface area contributed by atoms with Crippen molar-refractivity contribution in [2.75, 3.05) is 0 Å². The van der Waals surface area contributed by atoms with Crippen molar-refractivity contribution in [3.8, 4) is 0 Å². The molecule has 0 N–H and O–H groups in total. The number of allylic oxidation sites excluding steroid dienone is 1. The van der Waals surface area contributed by atoms with Crippen molar-refractivity contribution in [3.63, 3.8) is 0 Å². The fourth-order valence-corrected chi connectivity index (χ4v) is 3.15. The smallest absolute Gasteiger partial charge is 0.308 e. The summed E-state index contributed by atoms with van der Waals surface area (Å²) in [6.45, 7) is 4.17. The molecule has 0 aliphatic rings. The van der Waals surface area contributed by atoms with Gasteiger partial charge in [-0.05, 0) is 33.6 Å². The monoisotopic (exact) mass is 408 g/mol. The van der Waals surface area contributed by atoms with Crippen molar-refractivity contribution in [1.29, 1.82) is 0 Å². The number of halogens is 2. The number of imidazole rings is 1. The Bertz CT molecular complexity index is 1050. The first-order valence-corrected chi connectivity index (χ1v) is 8.32. The number of aromatic nitrogens is 4. The van der Waals surface area contributed by atoms with Gasteiger partial charge in [0.1, 0.15) is 0 Å². The molecule has 0 aliphatic carbocycles. The maximum atomic E-state index is 12.8. The van der Waals surface area contributed by atoms with Gasteiger partial charge in [0.05, 0.1) is 6.54 Å². The third kappa shape index (κ3) is 2.74. The van der Waals surface area contributed by atoms with E-state index in [0.29, 0.717) is 27.5 Å². The van der Waals surface area contributed by atoms with E-state index in [1.54, 1.807) is 23.7 Å². The lowest BCUT2D eigenvalue weighted by molar-refractivity contribution is 0.663. The highest BCUT2D eigenvalue weighted by Gasteiger charge is 2.18. The maximum Gasteiger partial charge on any atom is 0.332 e. The van der Waals surface area contributed by atoms with E-state index in [2.05, 4.69) is 27.5 Å². The van der Waals surface area contributed by atoms with Crippen LogP contribution in [0, 0.1) is 0 Å². The van der Waals surface area contributed by atoms with Crippen molar-refractivity contribution >= 4 is 38.7 Å². The lowest BCUT2D eigenvalue weighted by Gasteiger charge is -2.09. The van der Waals surface area contributed by atoms with Crippen molar-refractivity contribution in [3.05, 3.63) is 73.1 Å². The second kappa shape index (κ2) is 6.41. The molecule has 0 spiro atoms. The van der Waals surface area contributed by atoms with Gasteiger partial charge in [0.2, 0.25) is 0 Å². The van der Waals surface area contributed by atoms with Crippen LogP contribution in [-0.2, 0) is 20.1 Å². The third-order valence-electron chi connectivity index (χ3n) is 3.75. The van der Waals surface area contributed by atoms with Crippen LogP contribution >= 0.6 is 27.5 Å². The van der Waals surface area contributed by atoms with Gasteiger partial charge in [-0.1, -0.05) is 29.8 Å². The molecular formula is C16H14BrClN4O2. The van der Waals surface area contributed by atoms with E-state index in [9.17, 15) is 9.59 Å². The third-order valence-corrected chi connectivity index (χ3v) is 4.61. The summed E-state index contributed by atoms with van der Waals surface area (Å²) in [4.78, 5) is 29.4.